The maximum absolute atomic E-state index is 10.1. The van der Waals surface area contributed by atoms with Crippen molar-refractivity contribution in [1.29, 1.82) is 0 Å². The van der Waals surface area contributed by atoms with Crippen molar-refractivity contribution in [1.82, 2.24) is 0 Å². The largest absolute Gasteiger partial charge is 0.478 e. The van der Waals surface area contributed by atoms with Gasteiger partial charge in [0.05, 0.1) is 12.2 Å². The van der Waals surface area contributed by atoms with E-state index in [4.69, 9.17) is 9.84 Å². The van der Waals surface area contributed by atoms with Gasteiger partial charge in [-0.25, -0.2) is 4.79 Å². The highest BCUT2D eigenvalue weighted by Gasteiger charge is 2.48. The summed E-state index contributed by atoms with van der Waals surface area (Å²) in [5.74, 6) is -0.509. The zero-order valence-electron chi connectivity index (χ0n) is 6.06. The fourth-order valence-electron chi connectivity index (χ4n) is 1.70. The molecule has 1 aliphatic heterocycles. The molecule has 0 aromatic carbocycles. The molecular formula is C8H10O3. The lowest BCUT2D eigenvalue weighted by atomic mass is 10.1. The fourth-order valence-corrected chi connectivity index (χ4v) is 1.70. The molecule has 2 fully saturated rings. The Morgan fingerprint density at radius 2 is 2.36 bits per heavy atom. The highest BCUT2D eigenvalue weighted by Crippen LogP contribution is 2.43. The number of carbonyl (C=O) groups is 1. The first kappa shape index (κ1) is 6.85. The summed E-state index contributed by atoms with van der Waals surface area (Å²) in [6.45, 7) is 0. The van der Waals surface area contributed by atoms with Crippen molar-refractivity contribution >= 4 is 5.97 Å². The summed E-state index contributed by atoms with van der Waals surface area (Å²) < 4.78 is 5.25. The number of hydrogen-bond donors (Lipinski definition) is 1. The van der Waals surface area contributed by atoms with Gasteiger partial charge in [0, 0.05) is 12.0 Å². The number of hydrogen-bond acceptors (Lipinski definition) is 2. The lowest BCUT2D eigenvalue weighted by Gasteiger charge is -2.00. The summed E-state index contributed by atoms with van der Waals surface area (Å²) in [7, 11) is 0. The first-order chi connectivity index (χ1) is 5.27. The molecule has 0 aromatic rings. The first-order valence-corrected chi connectivity index (χ1v) is 3.84. The number of rotatable bonds is 2. The number of ether oxygens (including phenoxy) is 1. The molecule has 0 amide bonds. The molecule has 1 aliphatic carbocycles. The fraction of sp³-hybridized carbons (Fsp3) is 0.625. The van der Waals surface area contributed by atoms with Gasteiger partial charge in [0.2, 0.25) is 0 Å². The molecule has 3 atom stereocenters. The van der Waals surface area contributed by atoms with Crippen LogP contribution in [0.5, 0.6) is 0 Å². The predicted molar refractivity (Wildman–Crippen MR) is 38.2 cm³/mol. The number of fused-ring (bicyclic) bond motifs is 1. The van der Waals surface area contributed by atoms with Crippen molar-refractivity contribution in [3.63, 3.8) is 0 Å². The van der Waals surface area contributed by atoms with Crippen molar-refractivity contribution in [2.24, 2.45) is 5.92 Å². The van der Waals surface area contributed by atoms with Crippen molar-refractivity contribution in [3.8, 4) is 0 Å². The maximum Gasteiger partial charge on any atom is 0.327 e. The maximum atomic E-state index is 10.1. The van der Waals surface area contributed by atoms with Gasteiger partial charge in [-0.15, -0.1) is 0 Å². The van der Waals surface area contributed by atoms with E-state index in [-0.39, 0.29) is 0 Å². The van der Waals surface area contributed by atoms with E-state index in [1.54, 1.807) is 6.08 Å². The van der Waals surface area contributed by atoms with Gasteiger partial charge < -0.3 is 9.84 Å². The van der Waals surface area contributed by atoms with Crippen molar-refractivity contribution < 1.29 is 14.6 Å². The second kappa shape index (κ2) is 2.34. The quantitative estimate of drug-likeness (QED) is 0.473. The van der Waals surface area contributed by atoms with Crippen LogP contribution in [0, 0.1) is 5.92 Å². The number of aliphatic carboxylic acids is 1. The molecule has 1 saturated carbocycles. The minimum absolute atomic E-state index is 0.339. The molecule has 1 N–H and O–H groups in total. The van der Waals surface area contributed by atoms with Crippen LogP contribution in [-0.4, -0.2) is 23.3 Å². The highest BCUT2D eigenvalue weighted by molar-refractivity contribution is 5.79. The number of carboxylic acid groups (broad SMARTS) is 1. The summed E-state index contributed by atoms with van der Waals surface area (Å²) in [4.78, 5) is 10.1. The summed E-state index contributed by atoms with van der Waals surface area (Å²) in [5, 5.41) is 8.35. The van der Waals surface area contributed by atoms with Crippen LogP contribution in [0.1, 0.15) is 12.8 Å². The molecule has 3 heteroatoms. The van der Waals surface area contributed by atoms with Gasteiger partial charge in [-0.2, -0.15) is 0 Å². The molecule has 2 aliphatic rings. The standard InChI is InChI=1S/C8H10O3/c9-7(10)4-2-5-1-3-6-8(5)11-6/h2,4-6,8H,1,3H2,(H,9,10). The number of carboxylic acids is 1. The zero-order chi connectivity index (χ0) is 7.84. The van der Waals surface area contributed by atoms with Crippen LogP contribution in [0.2, 0.25) is 0 Å². The predicted octanol–water partition coefficient (Wildman–Crippen LogP) is 0.805. The van der Waals surface area contributed by atoms with Crippen LogP contribution >= 0.6 is 0 Å². The van der Waals surface area contributed by atoms with Crippen LogP contribution in [0.25, 0.3) is 0 Å². The average molecular weight is 154 g/mol. The lowest BCUT2D eigenvalue weighted by molar-refractivity contribution is -0.131. The Labute approximate surface area is 64.7 Å². The van der Waals surface area contributed by atoms with E-state index in [2.05, 4.69) is 0 Å². The number of epoxide rings is 1. The van der Waals surface area contributed by atoms with Crippen LogP contribution in [0.4, 0.5) is 0 Å². The van der Waals surface area contributed by atoms with E-state index >= 15 is 0 Å². The molecular weight excluding hydrogens is 144 g/mol. The molecule has 11 heavy (non-hydrogen) atoms. The lowest BCUT2D eigenvalue weighted by Crippen LogP contribution is -2.00. The Kier molecular flexibility index (Phi) is 1.46. The Balaban J connectivity index is 1.91. The molecule has 0 radical (unpaired) electrons. The Morgan fingerprint density at radius 1 is 1.55 bits per heavy atom. The van der Waals surface area contributed by atoms with E-state index in [1.165, 1.54) is 6.08 Å². The summed E-state index contributed by atoms with van der Waals surface area (Å²) in [6.07, 6.45) is 5.93. The average Bonchev–Trinajstić information content (AvgIpc) is 2.62. The molecule has 3 nitrogen and oxygen atoms in total. The van der Waals surface area contributed by atoms with Gasteiger partial charge >= 0.3 is 5.97 Å². The van der Waals surface area contributed by atoms with Crippen LogP contribution in [0.15, 0.2) is 12.2 Å². The van der Waals surface area contributed by atoms with Crippen molar-refractivity contribution in [2.75, 3.05) is 0 Å². The second-order valence-electron chi connectivity index (χ2n) is 3.08. The smallest absolute Gasteiger partial charge is 0.327 e. The molecule has 3 unspecified atom stereocenters. The van der Waals surface area contributed by atoms with Gasteiger partial charge in [-0.1, -0.05) is 6.08 Å². The first-order valence-electron chi connectivity index (χ1n) is 3.84. The van der Waals surface area contributed by atoms with Crippen molar-refractivity contribution in [2.45, 2.75) is 25.0 Å². The minimum atomic E-state index is -0.867. The zero-order valence-corrected chi connectivity index (χ0v) is 6.06. The Morgan fingerprint density at radius 3 is 2.82 bits per heavy atom. The molecule has 60 valence electrons. The third-order valence-electron chi connectivity index (χ3n) is 2.31. The van der Waals surface area contributed by atoms with Gasteiger partial charge in [-0.05, 0) is 12.8 Å². The van der Waals surface area contributed by atoms with Crippen LogP contribution in [-0.2, 0) is 9.53 Å². The van der Waals surface area contributed by atoms with Gasteiger partial charge in [0.1, 0.15) is 0 Å². The Bertz CT molecular complexity index is 209. The van der Waals surface area contributed by atoms with Gasteiger partial charge in [0.25, 0.3) is 0 Å². The normalized spacial score (nSPS) is 40.9. The highest BCUT2D eigenvalue weighted by atomic mass is 16.6. The van der Waals surface area contributed by atoms with Crippen LogP contribution < -0.4 is 0 Å². The second-order valence-corrected chi connectivity index (χ2v) is 3.08. The molecule has 2 rings (SSSR count). The third-order valence-corrected chi connectivity index (χ3v) is 2.31. The molecule has 1 saturated heterocycles. The molecule has 0 aromatic heterocycles. The van der Waals surface area contributed by atoms with E-state index in [1.807, 2.05) is 0 Å². The SMILES string of the molecule is O=C(O)C=CC1CCC2OC12. The van der Waals surface area contributed by atoms with Crippen molar-refractivity contribution in [3.05, 3.63) is 12.2 Å². The summed E-state index contributed by atoms with van der Waals surface area (Å²) >= 11 is 0. The van der Waals surface area contributed by atoms with E-state index in [9.17, 15) is 4.79 Å². The monoisotopic (exact) mass is 154 g/mol. The Hall–Kier alpha value is -0.830. The molecule has 0 bridgehead atoms. The van der Waals surface area contributed by atoms with E-state index < -0.39 is 5.97 Å². The summed E-state index contributed by atoms with van der Waals surface area (Å²) in [6, 6.07) is 0. The van der Waals surface area contributed by atoms with Gasteiger partial charge in [-0.3, -0.25) is 0 Å². The minimum Gasteiger partial charge on any atom is -0.478 e. The molecule has 0 spiro atoms. The molecule has 1 heterocycles. The third kappa shape index (κ3) is 1.28. The van der Waals surface area contributed by atoms with E-state index in [0.717, 1.165) is 12.8 Å². The van der Waals surface area contributed by atoms with Gasteiger partial charge in [0.15, 0.2) is 0 Å². The van der Waals surface area contributed by atoms with Crippen LogP contribution in [0.3, 0.4) is 0 Å². The summed E-state index contributed by atoms with van der Waals surface area (Å²) in [5.41, 5.74) is 0. The van der Waals surface area contributed by atoms with E-state index in [0.29, 0.717) is 18.1 Å². The topological polar surface area (TPSA) is 49.8 Å².